The van der Waals surface area contributed by atoms with Gasteiger partial charge in [-0.3, -0.25) is 0 Å². The molecule has 2 fully saturated rings. The molecule has 3 aliphatic rings. The molecule has 1 saturated heterocycles. The van der Waals surface area contributed by atoms with Gasteiger partial charge >= 0.3 is 0 Å². The standard InChI is InChI=1S/C17H21BrS2/c1-16-7-2-8-17(19-9-10-20-17)15(16)6-3-12-11-13(18)4-5-14(12)16/h4-5,11,15H,2-3,6-10H2,1H3/t15-,16-/m1/s1. The van der Waals surface area contributed by atoms with E-state index in [0.29, 0.717) is 9.49 Å². The lowest BCUT2D eigenvalue weighted by molar-refractivity contribution is 0.173. The number of benzene rings is 1. The molecular formula is C17H21BrS2. The Hall–Kier alpha value is 0.400. The van der Waals surface area contributed by atoms with Crippen LogP contribution in [-0.4, -0.2) is 15.6 Å². The van der Waals surface area contributed by atoms with Gasteiger partial charge in [0.15, 0.2) is 0 Å². The fraction of sp³-hybridized carbons (Fsp3) is 0.647. The normalized spacial score (nSPS) is 34.8. The summed E-state index contributed by atoms with van der Waals surface area (Å²) in [5.74, 6) is 3.60. The number of halogens is 1. The highest BCUT2D eigenvalue weighted by Gasteiger charge is 2.55. The Kier molecular flexibility index (Phi) is 3.48. The van der Waals surface area contributed by atoms with Gasteiger partial charge in [0.1, 0.15) is 0 Å². The van der Waals surface area contributed by atoms with Crippen LogP contribution in [0, 0.1) is 5.92 Å². The second kappa shape index (κ2) is 4.96. The van der Waals surface area contributed by atoms with Gasteiger partial charge in [-0.25, -0.2) is 0 Å². The van der Waals surface area contributed by atoms with Gasteiger partial charge in [-0.05, 0) is 60.3 Å². The van der Waals surface area contributed by atoms with E-state index < -0.39 is 0 Å². The average molecular weight is 369 g/mol. The zero-order valence-electron chi connectivity index (χ0n) is 12.0. The third-order valence-electron chi connectivity index (χ3n) is 5.68. The first-order chi connectivity index (χ1) is 9.64. The van der Waals surface area contributed by atoms with Crippen molar-refractivity contribution in [3.8, 4) is 0 Å². The molecule has 2 aliphatic carbocycles. The fourth-order valence-electron chi connectivity index (χ4n) is 4.84. The minimum atomic E-state index is 0.414. The predicted molar refractivity (Wildman–Crippen MR) is 94.8 cm³/mol. The average Bonchev–Trinajstić information content (AvgIpc) is 2.87. The van der Waals surface area contributed by atoms with E-state index in [-0.39, 0.29) is 0 Å². The largest absolute Gasteiger partial charge is 0.143 e. The Labute approximate surface area is 139 Å². The summed E-state index contributed by atoms with van der Waals surface area (Å²) in [5, 5.41) is 0. The van der Waals surface area contributed by atoms with E-state index in [0.717, 1.165) is 5.92 Å². The molecule has 1 spiro atoms. The first-order valence-corrected chi connectivity index (χ1v) is 10.5. The van der Waals surface area contributed by atoms with Gasteiger partial charge in [-0.2, -0.15) is 0 Å². The maximum Gasteiger partial charge on any atom is 0.0648 e. The molecule has 0 aromatic heterocycles. The fourth-order valence-corrected chi connectivity index (χ4v) is 9.17. The third-order valence-corrected chi connectivity index (χ3v) is 9.91. The van der Waals surface area contributed by atoms with E-state index >= 15 is 0 Å². The molecule has 4 rings (SSSR count). The summed E-state index contributed by atoms with van der Waals surface area (Å²) < 4.78 is 1.78. The topological polar surface area (TPSA) is 0 Å². The van der Waals surface area contributed by atoms with Crippen LogP contribution in [0.3, 0.4) is 0 Å². The highest BCUT2D eigenvalue weighted by Crippen LogP contribution is 2.64. The molecule has 0 radical (unpaired) electrons. The van der Waals surface area contributed by atoms with Crippen LogP contribution in [0.5, 0.6) is 0 Å². The van der Waals surface area contributed by atoms with Crippen LogP contribution in [0.4, 0.5) is 0 Å². The lowest BCUT2D eigenvalue weighted by Crippen LogP contribution is -2.50. The molecule has 1 aromatic rings. The van der Waals surface area contributed by atoms with Crippen LogP contribution in [-0.2, 0) is 11.8 Å². The Morgan fingerprint density at radius 1 is 1.20 bits per heavy atom. The predicted octanol–water partition coefficient (Wildman–Crippen LogP) is 5.63. The van der Waals surface area contributed by atoms with Crippen molar-refractivity contribution in [3.63, 3.8) is 0 Å². The van der Waals surface area contributed by atoms with E-state index in [9.17, 15) is 0 Å². The summed E-state index contributed by atoms with van der Waals surface area (Å²) in [7, 11) is 0. The molecule has 1 aliphatic heterocycles. The van der Waals surface area contributed by atoms with Gasteiger partial charge in [-0.15, -0.1) is 23.5 Å². The second-order valence-electron chi connectivity index (χ2n) is 6.67. The van der Waals surface area contributed by atoms with Crippen molar-refractivity contribution in [3.05, 3.63) is 33.8 Å². The zero-order valence-corrected chi connectivity index (χ0v) is 15.2. The summed E-state index contributed by atoms with van der Waals surface area (Å²) >= 11 is 8.21. The van der Waals surface area contributed by atoms with Gasteiger partial charge in [0.05, 0.1) is 4.08 Å². The molecular weight excluding hydrogens is 348 g/mol. The summed E-state index contributed by atoms with van der Waals surface area (Å²) in [6, 6.07) is 7.03. The molecule has 108 valence electrons. The minimum Gasteiger partial charge on any atom is -0.143 e. The van der Waals surface area contributed by atoms with E-state index in [4.69, 9.17) is 0 Å². The Morgan fingerprint density at radius 3 is 2.80 bits per heavy atom. The van der Waals surface area contributed by atoms with Crippen LogP contribution in [0.1, 0.15) is 43.7 Å². The molecule has 1 heterocycles. The highest BCUT2D eigenvalue weighted by molar-refractivity contribution is 9.10. The molecule has 0 bridgehead atoms. The van der Waals surface area contributed by atoms with Crippen LogP contribution in [0.2, 0.25) is 0 Å². The van der Waals surface area contributed by atoms with E-state index in [1.807, 2.05) is 0 Å². The molecule has 1 aromatic carbocycles. The van der Waals surface area contributed by atoms with Crippen molar-refractivity contribution in [1.29, 1.82) is 0 Å². The molecule has 0 unspecified atom stereocenters. The first-order valence-electron chi connectivity index (χ1n) is 7.71. The smallest absolute Gasteiger partial charge is 0.0648 e. The van der Waals surface area contributed by atoms with Crippen molar-refractivity contribution in [2.24, 2.45) is 5.92 Å². The Morgan fingerprint density at radius 2 is 2.00 bits per heavy atom. The minimum absolute atomic E-state index is 0.414. The van der Waals surface area contributed by atoms with Crippen molar-refractivity contribution in [2.45, 2.75) is 48.5 Å². The van der Waals surface area contributed by atoms with Gasteiger partial charge in [0, 0.05) is 16.0 Å². The van der Waals surface area contributed by atoms with Crippen molar-refractivity contribution in [2.75, 3.05) is 11.5 Å². The molecule has 20 heavy (non-hydrogen) atoms. The third kappa shape index (κ3) is 1.95. The van der Waals surface area contributed by atoms with Crippen LogP contribution in [0.25, 0.3) is 0 Å². The monoisotopic (exact) mass is 368 g/mol. The van der Waals surface area contributed by atoms with Gasteiger partial charge < -0.3 is 0 Å². The number of hydrogen-bond donors (Lipinski definition) is 0. The van der Waals surface area contributed by atoms with Crippen LogP contribution >= 0.6 is 39.5 Å². The van der Waals surface area contributed by atoms with Crippen molar-refractivity contribution in [1.82, 2.24) is 0 Å². The Balaban J connectivity index is 1.81. The number of thioether (sulfide) groups is 2. The lowest BCUT2D eigenvalue weighted by atomic mass is 9.58. The zero-order chi connectivity index (χ0) is 13.8. The SMILES string of the molecule is C[C@]12CCCC3(SCCS3)[C@@H]1CCc1cc(Br)ccc12. The molecule has 0 amide bonds. The quantitative estimate of drug-likeness (QED) is 0.581. The van der Waals surface area contributed by atoms with Crippen molar-refractivity contribution < 1.29 is 0 Å². The summed E-state index contributed by atoms with van der Waals surface area (Å²) in [6.45, 7) is 2.56. The molecule has 0 nitrogen and oxygen atoms in total. The van der Waals surface area contributed by atoms with Crippen molar-refractivity contribution >= 4 is 39.5 Å². The second-order valence-corrected chi connectivity index (χ2v) is 10.7. The van der Waals surface area contributed by atoms with E-state index in [2.05, 4.69) is 64.6 Å². The number of hydrogen-bond acceptors (Lipinski definition) is 2. The maximum atomic E-state index is 3.65. The molecule has 1 saturated carbocycles. The van der Waals surface area contributed by atoms with E-state index in [1.165, 1.54) is 48.1 Å². The molecule has 3 heteroatoms. The number of aryl methyl sites for hydroxylation is 1. The van der Waals surface area contributed by atoms with E-state index in [1.54, 1.807) is 11.1 Å². The summed E-state index contributed by atoms with van der Waals surface area (Å²) in [5.41, 5.74) is 3.67. The number of fused-ring (bicyclic) bond motifs is 4. The van der Waals surface area contributed by atoms with Gasteiger partial charge in [0.25, 0.3) is 0 Å². The summed E-state index contributed by atoms with van der Waals surface area (Å²) in [4.78, 5) is 0. The first kappa shape index (κ1) is 14.0. The van der Waals surface area contributed by atoms with Crippen LogP contribution < -0.4 is 0 Å². The van der Waals surface area contributed by atoms with Crippen LogP contribution in [0.15, 0.2) is 22.7 Å². The Bertz CT molecular complexity index is 536. The highest BCUT2D eigenvalue weighted by atomic mass is 79.9. The number of rotatable bonds is 0. The van der Waals surface area contributed by atoms with Gasteiger partial charge in [0.2, 0.25) is 0 Å². The molecule has 0 N–H and O–H groups in total. The van der Waals surface area contributed by atoms with Gasteiger partial charge in [-0.1, -0.05) is 35.3 Å². The maximum absolute atomic E-state index is 3.65. The molecule has 2 atom stereocenters. The lowest BCUT2D eigenvalue weighted by Gasteiger charge is -2.54. The summed E-state index contributed by atoms with van der Waals surface area (Å²) in [6.07, 6.45) is 6.89.